The molecule has 2 aromatic heterocycles. The number of carbonyl (C=O) groups is 1. The lowest BCUT2D eigenvalue weighted by Gasteiger charge is -2.35. The van der Waals surface area contributed by atoms with E-state index in [1.165, 1.54) is 36.3 Å². The summed E-state index contributed by atoms with van der Waals surface area (Å²) in [6.45, 7) is 1.99. The number of nitro benzene ring substituents is 1. The summed E-state index contributed by atoms with van der Waals surface area (Å²) in [4.78, 5) is 36.1. The zero-order valence-corrected chi connectivity index (χ0v) is 19.3. The SMILES string of the molecule is O=C(CSc1ncnc2c1cnn2-c1ccc(F)cc1)N1CCN(c2ccccc2[N+](=O)[O-])CC1. The van der Waals surface area contributed by atoms with E-state index in [2.05, 4.69) is 15.1 Å². The van der Waals surface area contributed by atoms with Gasteiger partial charge in [0.05, 0.1) is 27.9 Å². The summed E-state index contributed by atoms with van der Waals surface area (Å²) in [6.07, 6.45) is 3.05. The number of aromatic nitrogens is 4. The van der Waals surface area contributed by atoms with Crippen LogP contribution in [-0.4, -0.2) is 67.4 Å². The number of benzene rings is 2. The third-order valence-corrected chi connectivity index (χ3v) is 6.77. The van der Waals surface area contributed by atoms with E-state index in [-0.39, 0.29) is 28.1 Å². The summed E-state index contributed by atoms with van der Waals surface area (Å²) < 4.78 is 14.9. The first-order valence-electron chi connectivity index (χ1n) is 10.8. The summed E-state index contributed by atoms with van der Waals surface area (Å²) in [5.41, 5.74) is 1.88. The van der Waals surface area contributed by atoms with Crippen molar-refractivity contribution >= 4 is 40.1 Å². The van der Waals surface area contributed by atoms with Gasteiger partial charge in [0.1, 0.15) is 22.9 Å². The van der Waals surface area contributed by atoms with Gasteiger partial charge in [0.25, 0.3) is 5.69 Å². The number of halogens is 1. The van der Waals surface area contributed by atoms with Crippen LogP contribution in [0.1, 0.15) is 0 Å². The van der Waals surface area contributed by atoms with Gasteiger partial charge >= 0.3 is 0 Å². The Morgan fingerprint density at radius 2 is 1.80 bits per heavy atom. The first-order chi connectivity index (χ1) is 17.0. The highest BCUT2D eigenvalue weighted by atomic mass is 32.2. The molecule has 0 atom stereocenters. The van der Waals surface area contributed by atoms with Crippen molar-refractivity contribution in [3.8, 4) is 5.69 Å². The van der Waals surface area contributed by atoms with Crippen LogP contribution in [-0.2, 0) is 4.79 Å². The van der Waals surface area contributed by atoms with Gasteiger partial charge in [-0.05, 0) is 30.3 Å². The molecule has 35 heavy (non-hydrogen) atoms. The summed E-state index contributed by atoms with van der Waals surface area (Å²) in [6, 6.07) is 12.6. The first kappa shape index (κ1) is 22.7. The van der Waals surface area contributed by atoms with E-state index >= 15 is 0 Å². The van der Waals surface area contributed by atoms with Crippen LogP contribution in [0.5, 0.6) is 0 Å². The zero-order valence-electron chi connectivity index (χ0n) is 18.5. The van der Waals surface area contributed by atoms with E-state index in [1.54, 1.807) is 46.1 Å². The average Bonchev–Trinajstić information content (AvgIpc) is 3.32. The van der Waals surface area contributed by atoms with E-state index < -0.39 is 0 Å². The molecule has 1 aliphatic rings. The molecule has 0 N–H and O–H groups in total. The lowest BCUT2D eigenvalue weighted by molar-refractivity contribution is -0.384. The molecule has 1 amide bonds. The smallest absolute Gasteiger partial charge is 0.292 e. The maximum atomic E-state index is 13.3. The first-order valence-corrected chi connectivity index (χ1v) is 11.8. The van der Waals surface area contributed by atoms with Crippen molar-refractivity contribution in [3.05, 3.63) is 77.0 Å². The lowest BCUT2D eigenvalue weighted by atomic mass is 10.2. The highest BCUT2D eigenvalue weighted by molar-refractivity contribution is 8.00. The molecule has 12 heteroatoms. The molecule has 0 unspecified atom stereocenters. The molecule has 0 aliphatic carbocycles. The highest BCUT2D eigenvalue weighted by Crippen LogP contribution is 2.29. The van der Waals surface area contributed by atoms with Gasteiger partial charge in [-0.25, -0.2) is 19.0 Å². The molecule has 178 valence electrons. The van der Waals surface area contributed by atoms with E-state index in [1.807, 2.05) is 4.90 Å². The molecule has 0 saturated carbocycles. The van der Waals surface area contributed by atoms with Gasteiger partial charge in [-0.2, -0.15) is 5.10 Å². The Kier molecular flexibility index (Phi) is 6.27. The third kappa shape index (κ3) is 4.64. The van der Waals surface area contributed by atoms with Crippen molar-refractivity contribution in [2.45, 2.75) is 5.03 Å². The van der Waals surface area contributed by atoms with Gasteiger partial charge in [-0.3, -0.25) is 14.9 Å². The van der Waals surface area contributed by atoms with Gasteiger partial charge in [-0.1, -0.05) is 23.9 Å². The number of nitro groups is 1. The second-order valence-electron chi connectivity index (χ2n) is 7.85. The van der Waals surface area contributed by atoms with E-state index in [4.69, 9.17) is 0 Å². The molecule has 0 radical (unpaired) electrons. The second-order valence-corrected chi connectivity index (χ2v) is 8.82. The van der Waals surface area contributed by atoms with Crippen LogP contribution in [0.2, 0.25) is 0 Å². The quantitative estimate of drug-likeness (QED) is 0.174. The Morgan fingerprint density at radius 3 is 2.54 bits per heavy atom. The summed E-state index contributed by atoms with van der Waals surface area (Å²) >= 11 is 1.31. The number of amides is 1. The number of hydrogen-bond acceptors (Lipinski definition) is 8. The molecule has 1 aliphatic heterocycles. The minimum absolute atomic E-state index is 0.0325. The molecule has 2 aromatic carbocycles. The molecule has 0 bridgehead atoms. The van der Waals surface area contributed by atoms with Gasteiger partial charge in [0, 0.05) is 32.2 Å². The van der Waals surface area contributed by atoms with E-state index in [0.29, 0.717) is 53.6 Å². The number of anilines is 1. The summed E-state index contributed by atoms with van der Waals surface area (Å²) in [5.74, 6) is -0.174. The maximum Gasteiger partial charge on any atom is 0.292 e. The third-order valence-electron chi connectivity index (χ3n) is 5.78. The van der Waals surface area contributed by atoms with Crippen LogP contribution in [0.3, 0.4) is 0 Å². The van der Waals surface area contributed by atoms with Crippen LogP contribution >= 0.6 is 11.8 Å². The highest BCUT2D eigenvalue weighted by Gasteiger charge is 2.25. The van der Waals surface area contributed by atoms with Gasteiger partial charge in [-0.15, -0.1) is 0 Å². The number of carbonyl (C=O) groups excluding carboxylic acids is 1. The molecular weight excluding hydrogens is 473 g/mol. The molecular formula is C23H20FN7O3S. The number of nitrogens with zero attached hydrogens (tertiary/aromatic N) is 7. The second kappa shape index (κ2) is 9.66. The Morgan fingerprint density at radius 1 is 1.06 bits per heavy atom. The fraction of sp³-hybridized carbons (Fsp3) is 0.217. The van der Waals surface area contributed by atoms with Crippen molar-refractivity contribution in [1.82, 2.24) is 24.6 Å². The van der Waals surface area contributed by atoms with Gasteiger partial charge in [0.15, 0.2) is 5.65 Å². The number of rotatable bonds is 6. The van der Waals surface area contributed by atoms with Crippen molar-refractivity contribution in [2.75, 3.05) is 36.8 Å². The Balaban J connectivity index is 1.23. The van der Waals surface area contributed by atoms with Crippen LogP contribution < -0.4 is 4.90 Å². The molecule has 0 spiro atoms. The molecule has 1 fully saturated rings. The van der Waals surface area contributed by atoms with E-state index in [9.17, 15) is 19.3 Å². The van der Waals surface area contributed by atoms with Crippen molar-refractivity contribution in [2.24, 2.45) is 0 Å². The topological polar surface area (TPSA) is 110 Å². The Bertz CT molecular complexity index is 1390. The minimum Gasteiger partial charge on any atom is -0.362 e. The summed E-state index contributed by atoms with van der Waals surface area (Å²) in [7, 11) is 0. The van der Waals surface area contributed by atoms with Crippen LogP contribution in [0.15, 0.2) is 66.1 Å². The van der Waals surface area contributed by atoms with Crippen LogP contribution in [0, 0.1) is 15.9 Å². The van der Waals surface area contributed by atoms with E-state index in [0.717, 1.165) is 0 Å². The number of thioether (sulfide) groups is 1. The average molecular weight is 494 g/mol. The van der Waals surface area contributed by atoms with Crippen LogP contribution in [0.25, 0.3) is 16.7 Å². The predicted molar refractivity (Wildman–Crippen MR) is 129 cm³/mol. The minimum atomic E-state index is -0.385. The predicted octanol–water partition coefficient (Wildman–Crippen LogP) is 3.30. The fourth-order valence-corrected chi connectivity index (χ4v) is 4.88. The zero-order chi connectivity index (χ0) is 24.4. The Labute approximate surface area is 203 Å². The van der Waals surface area contributed by atoms with Gasteiger partial charge in [0.2, 0.25) is 5.91 Å². The number of para-hydroxylation sites is 2. The number of fused-ring (bicyclic) bond motifs is 1. The van der Waals surface area contributed by atoms with Crippen LogP contribution in [0.4, 0.5) is 15.8 Å². The van der Waals surface area contributed by atoms with Crippen molar-refractivity contribution in [1.29, 1.82) is 0 Å². The number of hydrogen-bond donors (Lipinski definition) is 0. The monoisotopic (exact) mass is 493 g/mol. The largest absolute Gasteiger partial charge is 0.362 e. The molecule has 1 saturated heterocycles. The molecule has 10 nitrogen and oxygen atoms in total. The lowest BCUT2D eigenvalue weighted by Crippen LogP contribution is -2.49. The normalized spacial score (nSPS) is 13.9. The van der Waals surface area contributed by atoms with Gasteiger partial charge < -0.3 is 9.80 Å². The molecule has 4 aromatic rings. The maximum absolute atomic E-state index is 13.3. The molecule has 3 heterocycles. The molecule has 5 rings (SSSR count). The van der Waals surface area contributed by atoms with Crippen molar-refractivity contribution in [3.63, 3.8) is 0 Å². The Hall–Kier alpha value is -4.06. The fourth-order valence-electron chi connectivity index (χ4n) is 4.01. The number of piperazine rings is 1. The van der Waals surface area contributed by atoms with Crippen molar-refractivity contribution < 1.29 is 14.1 Å². The standard InChI is InChI=1S/C23H20FN7O3S/c24-16-5-7-17(8-6-16)30-22-18(13-27-30)23(26-15-25-22)35-14-21(32)29-11-9-28(10-12-29)19-3-1-2-4-20(19)31(33)34/h1-8,13,15H,9-12,14H2. The summed E-state index contributed by atoms with van der Waals surface area (Å²) in [5, 5.41) is 17.0.